The highest BCUT2D eigenvalue weighted by Gasteiger charge is 2.31. The van der Waals surface area contributed by atoms with Gasteiger partial charge < -0.3 is 14.6 Å². The van der Waals surface area contributed by atoms with E-state index < -0.39 is 26.2 Å². The summed E-state index contributed by atoms with van der Waals surface area (Å²) in [4.78, 5) is 20.7. The van der Waals surface area contributed by atoms with E-state index in [1.54, 1.807) is 36.5 Å². The zero-order valence-corrected chi connectivity index (χ0v) is 23.7. The van der Waals surface area contributed by atoms with Gasteiger partial charge in [-0.25, -0.2) is 8.42 Å². The number of nitrogens with zero attached hydrogens (tertiary/aromatic N) is 3. The van der Waals surface area contributed by atoms with Gasteiger partial charge in [-0.3, -0.25) is 14.3 Å². The summed E-state index contributed by atoms with van der Waals surface area (Å²) in [5.41, 5.74) is 1.72. The van der Waals surface area contributed by atoms with E-state index in [0.29, 0.717) is 24.3 Å². The molecule has 0 fully saturated rings. The minimum atomic E-state index is -4.48. The van der Waals surface area contributed by atoms with Crippen molar-refractivity contribution in [1.82, 2.24) is 14.5 Å². The zero-order valence-electron chi connectivity index (χ0n) is 22.9. The maximum atomic E-state index is 13.8. The Morgan fingerprint density at radius 3 is 2.24 bits per heavy atom. The van der Waals surface area contributed by atoms with E-state index in [2.05, 4.69) is 9.97 Å². The van der Waals surface area contributed by atoms with Crippen LogP contribution in [0.1, 0.15) is 25.6 Å². The molecule has 0 aliphatic carbocycles. The molecular weight excluding hydrogens is 542 g/mol. The van der Waals surface area contributed by atoms with Crippen LogP contribution in [0.2, 0.25) is 0 Å². The number of methoxy groups -OCH3 is 2. The Hall–Kier alpha value is -4.70. The number of hydrogen-bond acceptors (Lipinski definition) is 8. The molecule has 5 rings (SSSR count). The number of rotatable bonds is 9. The molecule has 0 atom stereocenters. The average Bonchev–Trinajstić information content (AvgIpc) is 2.99. The standard InChI is InChI=1S/C31H29N3O6S/c1-4-5-11-27-33-30(35)29(31(36)34(27)28-25(39-2)9-6-10-26(28)40-3)41(37,38)23-15-12-20(13-16-23)21-14-17-24-22(19-21)8-7-18-32-24/h6-10,12-19,36H,4-5,11H2,1-3H3. The van der Waals surface area contributed by atoms with Crippen molar-refractivity contribution in [2.45, 2.75) is 36.0 Å². The van der Waals surface area contributed by atoms with E-state index in [1.807, 2.05) is 37.3 Å². The molecule has 0 aliphatic heterocycles. The number of hydrogen-bond donors (Lipinski definition) is 1. The number of aryl methyl sites for hydroxylation is 1. The third kappa shape index (κ3) is 5.14. The van der Waals surface area contributed by atoms with Gasteiger partial charge >= 0.3 is 0 Å². The highest BCUT2D eigenvalue weighted by molar-refractivity contribution is 7.91. The van der Waals surface area contributed by atoms with Crippen LogP contribution >= 0.6 is 0 Å². The molecule has 1 N–H and O–H groups in total. The van der Waals surface area contributed by atoms with Crippen LogP contribution in [-0.4, -0.2) is 42.3 Å². The second kappa shape index (κ2) is 11.4. The van der Waals surface area contributed by atoms with Gasteiger partial charge in [0, 0.05) is 18.0 Å². The molecule has 9 nitrogen and oxygen atoms in total. The smallest absolute Gasteiger partial charge is 0.296 e. The Labute approximate surface area is 237 Å². The molecule has 10 heteroatoms. The number of benzene rings is 3. The zero-order chi connectivity index (χ0) is 29.1. The van der Waals surface area contributed by atoms with Gasteiger partial charge in [-0.2, -0.15) is 4.98 Å². The molecule has 2 aromatic heterocycles. The number of fused-ring (bicyclic) bond motifs is 1. The van der Waals surface area contributed by atoms with Crippen LogP contribution in [0.4, 0.5) is 0 Å². The monoisotopic (exact) mass is 571 g/mol. The molecule has 0 saturated carbocycles. The summed E-state index contributed by atoms with van der Waals surface area (Å²) in [5, 5.41) is 12.5. The topological polar surface area (TPSA) is 121 Å². The molecule has 5 aromatic rings. The van der Waals surface area contributed by atoms with Crippen LogP contribution in [0, 0.1) is 0 Å². The third-order valence-electron chi connectivity index (χ3n) is 6.85. The minimum absolute atomic E-state index is 0.155. The summed E-state index contributed by atoms with van der Waals surface area (Å²) in [5.74, 6) is 0.0458. The lowest BCUT2D eigenvalue weighted by molar-refractivity contribution is 0.374. The molecule has 0 bridgehead atoms. The number of aromatic nitrogens is 3. The van der Waals surface area contributed by atoms with Crippen LogP contribution in [0.3, 0.4) is 0 Å². The quantitative estimate of drug-likeness (QED) is 0.252. The van der Waals surface area contributed by atoms with Gasteiger partial charge in [0.15, 0.2) is 4.90 Å². The van der Waals surface area contributed by atoms with Gasteiger partial charge in [0.2, 0.25) is 15.7 Å². The molecule has 41 heavy (non-hydrogen) atoms. The van der Waals surface area contributed by atoms with Crippen molar-refractivity contribution in [1.29, 1.82) is 0 Å². The van der Waals surface area contributed by atoms with E-state index in [0.717, 1.165) is 28.5 Å². The van der Waals surface area contributed by atoms with Crippen molar-refractivity contribution < 1.29 is 23.0 Å². The fourth-order valence-electron chi connectivity index (χ4n) is 4.76. The fourth-order valence-corrected chi connectivity index (χ4v) is 6.10. The average molecular weight is 572 g/mol. The number of aromatic hydroxyl groups is 1. The van der Waals surface area contributed by atoms with Crippen LogP contribution < -0.4 is 15.0 Å². The van der Waals surface area contributed by atoms with E-state index in [1.165, 1.54) is 30.9 Å². The maximum Gasteiger partial charge on any atom is 0.296 e. The van der Waals surface area contributed by atoms with Crippen LogP contribution in [-0.2, 0) is 16.3 Å². The van der Waals surface area contributed by atoms with Crippen LogP contribution in [0.15, 0.2) is 93.6 Å². The molecule has 0 spiro atoms. The summed E-state index contributed by atoms with van der Waals surface area (Å²) in [6.07, 6.45) is 3.48. The Morgan fingerprint density at radius 2 is 1.59 bits per heavy atom. The Morgan fingerprint density at radius 1 is 0.902 bits per heavy atom. The molecule has 0 unspecified atom stereocenters. The van der Waals surface area contributed by atoms with Gasteiger partial charge in [0.25, 0.3) is 5.56 Å². The number of sulfone groups is 1. The van der Waals surface area contributed by atoms with Gasteiger partial charge in [-0.1, -0.05) is 43.7 Å². The number of pyridine rings is 1. The van der Waals surface area contributed by atoms with Crippen molar-refractivity contribution in [2.24, 2.45) is 0 Å². The van der Waals surface area contributed by atoms with E-state index in [-0.39, 0.29) is 16.4 Å². The van der Waals surface area contributed by atoms with E-state index in [9.17, 15) is 18.3 Å². The second-order valence-corrected chi connectivity index (χ2v) is 11.3. The number of para-hydroxylation sites is 1. The Balaban J connectivity index is 1.65. The highest BCUT2D eigenvalue weighted by atomic mass is 32.2. The molecule has 0 amide bonds. The Bertz CT molecular complexity index is 1880. The van der Waals surface area contributed by atoms with Gasteiger partial charge in [-0.15, -0.1) is 0 Å². The normalized spacial score (nSPS) is 11.5. The van der Waals surface area contributed by atoms with Crippen LogP contribution in [0.5, 0.6) is 17.4 Å². The largest absolute Gasteiger partial charge is 0.494 e. The first-order chi connectivity index (χ1) is 19.8. The maximum absolute atomic E-state index is 13.8. The molecule has 2 heterocycles. The van der Waals surface area contributed by atoms with Gasteiger partial charge in [0.1, 0.15) is 23.0 Å². The molecule has 0 saturated heterocycles. The predicted molar refractivity (Wildman–Crippen MR) is 156 cm³/mol. The van der Waals surface area contributed by atoms with Crippen LogP contribution in [0.25, 0.3) is 27.7 Å². The lowest BCUT2D eigenvalue weighted by Crippen LogP contribution is -2.25. The molecule has 3 aromatic carbocycles. The lowest BCUT2D eigenvalue weighted by atomic mass is 10.0. The van der Waals surface area contributed by atoms with E-state index in [4.69, 9.17) is 9.47 Å². The predicted octanol–water partition coefficient (Wildman–Crippen LogP) is 5.35. The van der Waals surface area contributed by atoms with Gasteiger partial charge in [0.05, 0.1) is 24.6 Å². The first-order valence-electron chi connectivity index (χ1n) is 13.1. The minimum Gasteiger partial charge on any atom is -0.494 e. The second-order valence-electron chi connectivity index (χ2n) is 9.37. The fraction of sp³-hybridized carbons (Fsp3) is 0.194. The number of unbranched alkanes of at least 4 members (excludes halogenated alkanes) is 1. The summed E-state index contributed by atoms with van der Waals surface area (Å²) in [6.45, 7) is 1.98. The highest BCUT2D eigenvalue weighted by Crippen LogP contribution is 2.38. The van der Waals surface area contributed by atoms with Gasteiger partial charge in [-0.05, 0) is 60.0 Å². The first kappa shape index (κ1) is 27.9. The summed E-state index contributed by atoms with van der Waals surface area (Å²) < 4.78 is 39.9. The first-order valence-corrected chi connectivity index (χ1v) is 14.5. The molecular formula is C31H29N3O6S. The van der Waals surface area contributed by atoms with Crippen molar-refractivity contribution in [3.05, 3.63) is 95.2 Å². The lowest BCUT2D eigenvalue weighted by Gasteiger charge is -2.21. The van der Waals surface area contributed by atoms with Crippen molar-refractivity contribution in [2.75, 3.05) is 14.2 Å². The summed E-state index contributed by atoms with van der Waals surface area (Å²) >= 11 is 0. The number of ether oxygens (including phenoxy) is 2. The molecule has 0 radical (unpaired) electrons. The van der Waals surface area contributed by atoms with Crippen molar-refractivity contribution in [3.63, 3.8) is 0 Å². The summed E-state index contributed by atoms with van der Waals surface area (Å²) in [7, 11) is -1.58. The Kier molecular flexibility index (Phi) is 7.76. The van der Waals surface area contributed by atoms with Crippen molar-refractivity contribution >= 4 is 20.7 Å². The summed E-state index contributed by atoms with van der Waals surface area (Å²) in [6, 6.07) is 20.7. The van der Waals surface area contributed by atoms with Crippen molar-refractivity contribution in [3.8, 4) is 34.2 Å². The SMILES string of the molecule is CCCCc1nc(=O)c(S(=O)(=O)c2ccc(-c3ccc4ncccc4c3)cc2)c(O)n1-c1c(OC)cccc1OC. The molecule has 0 aliphatic rings. The third-order valence-corrected chi connectivity index (χ3v) is 8.63. The van der Waals surface area contributed by atoms with E-state index >= 15 is 0 Å². The molecule has 210 valence electrons.